The minimum Gasteiger partial charge on any atom is -0.389 e. The Balaban J connectivity index is 1.84. The van der Waals surface area contributed by atoms with Gasteiger partial charge in [0.15, 0.2) is 0 Å². The summed E-state index contributed by atoms with van der Waals surface area (Å²) in [4.78, 5) is 2.08. The van der Waals surface area contributed by atoms with Crippen LogP contribution in [0.4, 0.5) is 5.69 Å². The summed E-state index contributed by atoms with van der Waals surface area (Å²) < 4.78 is 5.63. The second-order valence-electron chi connectivity index (χ2n) is 5.33. The van der Waals surface area contributed by atoms with Gasteiger partial charge < -0.3 is 14.7 Å². The van der Waals surface area contributed by atoms with E-state index in [9.17, 15) is 5.11 Å². The predicted octanol–water partition coefficient (Wildman–Crippen LogP) is 3.26. The molecular weight excluding hydrogens is 262 g/mol. The molecule has 0 aromatic heterocycles. The minimum absolute atomic E-state index is 0.487. The van der Waals surface area contributed by atoms with Crippen LogP contribution in [0.15, 0.2) is 18.2 Å². The fourth-order valence-corrected chi connectivity index (χ4v) is 2.28. The number of benzene rings is 1. The molecule has 1 aliphatic carbocycles. The molecule has 0 amide bonds. The normalized spacial score (nSPS) is 16.4. The number of hydrogen-bond acceptors (Lipinski definition) is 3. The number of anilines is 1. The summed E-state index contributed by atoms with van der Waals surface area (Å²) in [5, 5.41) is 10.2. The molecule has 2 rings (SSSR count). The fourth-order valence-electron chi connectivity index (χ4n) is 1.95. The molecule has 1 unspecified atom stereocenters. The lowest BCUT2D eigenvalue weighted by atomic mass is 10.1. The van der Waals surface area contributed by atoms with Gasteiger partial charge in [-0.1, -0.05) is 17.7 Å². The van der Waals surface area contributed by atoms with Crippen LogP contribution < -0.4 is 4.90 Å². The highest BCUT2D eigenvalue weighted by molar-refractivity contribution is 6.33. The number of halogens is 1. The molecule has 1 saturated carbocycles. The molecule has 0 spiro atoms. The summed E-state index contributed by atoms with van der Waals surface area (Å²) in [6.45, 7) is 4.17. The maximum absolute atomic E-state index is 9.52. The maximum Gasteiger partial charge on any atom is 0.0762 e. The minimum atomic E-state index is -0.487. The second-order valence-corrected chi connectivity index (χ2v) is 5.73. The van der Waals surface area contributed by atoms with Gasteiger partial charge in [0, 0.05) is 20.2 Å². The Kier molecular flexibility index (Phi) is 5.08. The Hall–Kier alpha value is -0.770. The average Bonchev–Trinajstić information content (AvgIpc) is 3.18. The largest absolute Gasteiger partial charge is 0.389 e. The van der Waals surface area contributed by atoms with Crippen molar-refractivity contribution in [3.63, 3.8) is 0 Å². The van der Waals surface area contributed by atoms with E-state index in [-0.39, 0.29) is 0 Å². The van der Waals surface area contributed by atoms with Gasteiger partial charge in [0.25, 0.3) is 0 Å². The molecule has 4 heteroatoms. The number of rotatable bonds is 7. The Labute approximate surface area is 120 Å². The van der Waals surface area contributed by atoms with Gasteiger partial charge in [-0.2, -0.15) is 0 Å². The van der Waals surface area contributed by atoms with Crippen LogP contribution >= 0.6 is 11.6 Å². The van der Waals surface area contributed by atoms with E-state index >= 15 is 0 Å². The Morgan fingerprint density at radius 1 is 1.47 bits per heavy atom. The third kappa shape index (κ3) is 4.37. The Bertz CT molecular complexity index is 419. The van der Waals surface area contributed by atoms with Crippen LogP contribution in [0.5, 0.6) is 0 Å². The molecule has 0 aliphatic heterocycles. The quantitative estimate of drug-likeness (QED) is 0.780. The van der Waals surface area contributed by atoms with Crippen LogP contribution in [-0.4, -0.2) is 31.9 Å². The highest BCUT2D eigenvalue weighted by atomic mass is 35.5. The van der Waals surface area contributed by atoms with E-state index in [2.05, 4.69) is 4.90 Å². The summed E-state index contributed by atoms with van der Waals surface area (Å²) >= 11 is 6.25. The van der Waals surface area contributed by atoms with Crippen molar-refractivity contribution in [1.29, 1.82) is 0 Å². The van der Waals surface area contributed by atoms with Crippen LogP contribution in [-0.2, 0) is 4.74 Å². The Morgan fingerprint density at radius 3 is 2.79 bits per heavy atom. The van der Waals surface area contributed by atoms with Gasteiger partial charge in [0.05, 0.1) is 23.4 Å². The molecule has 0 saturated heterocycles. The summed E-state index contributed by atoms with van der Waals surface area (Å²) in [5.41, 5.74) is 1.81. The van der Waals surface area contributed by atoms with Crippen molar-refractivity contribution >= 4 is 17.3 Å². The first-order valence-electron chi connectivity index (χ1n) is 6.84. The SMILES string of the molecule is CC(O)c1ccc(N(C)CCOCC2CC2)c(Cl)c1. The molecule has 3 nitrogen and oxygen atoms in total. The first-order chi connectivity index (χ1) is 9.08. The zero-order valence-corrected chi connectivity index (χ0v) is 12.4. The lowest BCUT2D eigenvalue weighted by Crippen LogP contribution is -2.23. The molecule has 106 valence electrons. The van der Waals surface area contributed by atoms with Gasteiger partial charge in [-0.25, -0.2) is 0 Å². The number of hydrogen-bond donors (Lipinski definition) is 1. The molecule has 19 heavy (non-hydrogen) atoms. The summed E-state index contributed by atoms with van der Waals surface area (Å²) in [5.74, 6) is 0.805. The van der Waals surface area contributed by atoms with Gasteiger partial charge in [-0.05, 0) is 43.4 Å². The third-order valence-corrected chi connectivity index (χ3v) is 3.79. The van der Waals surface area contributed by atoms with E-state index in [1.54, 1.807) is 6.92 Å². The van der Waals surface area contributed by atoms with Gasteiger partial charge in [0.1, 0.15) is 0 Å². The number of nitrogens with zero attached hydrogens (tertiary/aromatic N) is 1. The molecule has 1 aliphatic rings. The molecule has 0 radical (unpaired) electrons. The maximum atomic E-state index is 9.52. The van der Waals surface area contributed by atoms with Crippen molar-refractivity contribution in [2.45, 2.75) is 25.9 Å². The molecule has 1 aromatic rings. The Morgan fingerprint density at radius 2 is 2.21 bits per heavy atom. The predicted molar refractivity (Wildman–Crippen MR) is 78.9 cm³/mol. The van der Waals surface area contributed by atoms with E-state index in [1.165, 1.54) is 12.8 Å². The van der Waals surface area contributed by atoms with E-state index in [4.69, 9.17) is 16.3 Å². The van der Waals surface area contributed by atoms with E-state index in [1.807, 2.05) is 25.2 Å². The zero-order valence-electron chi connectivity index (χ0n) is 11.6. The van der Waals surface area contributed by atoms with Gasteiger partial charge in [-0.15, -0.1) is 0 Å². The number of aliphatic hydroxyl groups excluding tert-OH is 1. The van der Waals surface area contributed by atoms with Crippen molar-refractivity contribution in [3.05, 3.63) is 28.8 Å². The fraction of sp³-hybridized carbons (Fsp3) is 0.600. The molecule has 1 fully saturated rings. The van der Waals surface area contributed by atoms with Crippen LogP contribution in [0.25, 0.3) is 0 Å². The van der Waals surface area contributed by atoms with Gasteiger partial charge in [-0.3, -0.25) is 0 Å². The monoisotopic (exact) mass is 283 g/mol. The van der Waals surface area contributed by atoms with Crippen molar-refractivity contribution in [2.24, 2.45) is 5.92 Å². The first-order valence-corrected chi connectivity index (χ1v) is 7.22. The van der Waals surface area contributed by atoms with Crippen molar-refractivity contribution in [2.75, 3.05) is 31.7 Å². The van der Waals surface area contributed by atoms with Gasteiger partial charge >= 0.3 is 0 Å². The summed E-state index contributed by atoms with van der Waals surface area (Å²) in [6, 6.07) is 5.68. The second kappa shape index (κ2) is 6.60. The highest BCUT2D eigenvalue weighted by Gasteiger charge is 2.21. The van der Waals surface area contributed by atoms with Crippen LogP contribution in [0, 0.1) is 5.92 Å². The van der Waals surface area contributed by atoms with Crippen molar-refractivity contribution in [3.8, 4) is 0 Å². The number of aliphatic hydroxyl groups is 1. The van der Waals surface area contributed by atoms with Crippen LogP contribution in [0.3, 0.4) is 0 Å². The summed E-state index contributed by atoms with van der Waals surface area (Å²) in [6.07, 6.45) is 2.16. The van der Waals surface area contributed by atoms with E-state index < -0.39 is 6.10 Å². The molecule has 1 atom stereocenters. The number of likely N-dealkylation sites (N-methyl/N-ethyl adjacent to an activating group) is 1. The van der Waals surface area contributed by atoms with Gasteiger partial charge in [0.2, 0.25) is 0 Å². The standard InChI is InChI=1S/C15H22ClNO2/c1-11(18)13-5-6-15(14(16)9-13)17(2)7-8-19-10-12-3-4-12/h5-6,9,11-12,18H,3-4,7-8,10H2,1-2H3. The molecular formula is C15H22ClNO2. The smallest absolute Gasteiger partial charge is 0.0762 e. The molecule has 0 heterocycles. The summed E-state index contributed by atoms with van der Waals surface area (Å²) in [7, 11) is 2.00. The highest BCUT2D eigenvalue weighted by Crippen LogP contribution is 2.29. The molecule has 1 N–H and O–H groups in total. The molecule has 1 aromatic carbocycles. The van der Waals surface area contributed by atoms with Crippen LogP contribution in [0.1, 0.15) is 31.4 Å². The zero-order chi connectivity index (χ0) is 13.8. The van der Waals surface area contributed by atoms with E-state index in [0.29, 0.717) is 5.02 Å². The lowest BCUT2D eigenvalue weighted by molar-refractivity contribution is 0.131. The number of ether oxygens (including phenoxy) is 1. The topological polar surface area (TPSA) is 32.7 Å². The average molecular weight is 284 g/mol. The first kappa shape index (κ1) is 14.6. The van der Waals surface area contributed by atoms with Crippen LogP contribution in [0.2, 0.25) is 5.02 Å². The third-order valence-electron chi connectivity index (χ3n) is 3.49. The van der Waals surface area contributed by atoms with Crippen molar-refractivity contribution < 1.29 is 9.84 Å². The van der Waals surface area contributed by atoms with Crippen molar-refractivity contribution in [1.82, 2.24) is 0 Å². The lowest BCUT2D eigenvalue weighted by Gasteiger charge is -2.21. The molecule has 0 bridgehead atoms. The van der Waals surface area contributed by atoms with E-state index in [0.717, 1.165) is 36.9 Å².